The van der Waals surface area contributed by atoms with Gasteiger partial charge in [0.2, 0.25) is 0 Å². The van der Waals surface area contributed by atoms with Gasteiger partial charge in [0, 0.05) is 17.6 Å². The molecule has 7 heteroatoms. The third kappa shape index (κ3) is 3.57. The molecule has 0 aliphatic rings. The summed E-state index contributed by atoms with van der Waals surface area (Å²) in [6, 6.07) is 16.9. The zero-order valence-electron chi connectivity index (χ0n) is 14.1. The van der Waals surface area contributed by atoms with Crippen LogP contribution < -0.4 is 10.6 Å². The third-order valence-electron chi connectivity index (χ3n) is 3.92. The van der Waals surface area contributed by atoms with Crippen molar-refractivity contribution in [2.24, 2.45) is 0 Å². The van der Waals surface area contributed by atoms with Crippen molar-refractivity contribution in [2.45, 2.75) is 0 Å². The van der Waals surface area contributed by atoms with Crippen LogP contribution in [0.5, 0.6) is 0 Å². The molecule has 0 aliphatic heterocycles. The molecule has 0 radical (unpaired) electrons. The summed E-state index contributed by atoms with van der Waals surface area (Å²) in [4.78, 5) is 24.9. The van der Waals surface area contributed by atoms with E-state index in [1.165, 1.54) is 18.5 Å². The van der Waals surface area contributed by atoms with E-state index < -0.39 is 11.7 Å². The Hall–Kier alpha value is -3.87. The third-order valence-corrected chi connectivity index (χ3v) is 3.92. The Morgan fingerprint density at radius 2 is 1.70 bits per heavy atom. The molecule has 2 aromatic carbocycles. The average Bonchev–Trinajstić information content (AvgIpc) is 2.70. The number of carbonyl (C=O) groups is 1. The van der Waals surface area contributed by atoms with Crippen LogP contribution in [0.25, 0.3) is 10.9 Å². The van der Waals surface area contributed by atoms with Crippen molar-refractivity contribution in [3.63, 3.8) is 0 Å². The molecule has 0 unspecified atom stereocenters. The average molecular weight is 359 g/mol. The monoisotopic (exact) mass is 359 g/mol. The van der Waals surface area contributed by atoms with Crippen molar-refractivity contribution in [3.05, 3.63) is 84.7 Å². The first kappa shape index (κ1) is 16.6. The van der Waals surface area contributed by atoms with Crippen molar-refractivity contribution in [2.75, 3.05) is 10.6 Å². The number of aromatic nitrogens is 3. The van der Waals surface area contributed by atoms with E-state index in [0.29, 0.717) is 17.0 Å². The first-order valence-electron chi connectivity index (χ1n) is 8.19. The Kier molecular flexibility index (Phi) is 4.40. The minimum Gasteiger partial charge on any atom is -0.338 e. The first-order valence-corrected chi connectivity index (χ1v) is 8.19. The van der Waals surface area contributed by atoms with E-state index >= 15 is 0 Å². The number of nitrogens with one attached hydrogen (secondary N) is 2. The molecular weight excluding hydrogens is 345 g/mol. The van der Waals surface area contributed by atoms with Gasteiger partial charge in [0.15, 0.2) is 0 Å². The Morgan fingerprint density at radius 3 is 2.59 bits per heavy atom. The Labute approximate surface area is 154 Å². The molecule has 0 saturated carbocycles. The number of anilines is 3. The Bertz CT molecular complexity index is 1130. The molecule has 2 heterocycles. The van der Waals surface area contributed by atoms with Crippen LogP contribution in [0, 0.1) is 5.82 Å². The van der Waals surface area contributed by atoms with Gasteiger partial charge in [-0.05, 0) is 24.3 Å². The second kappa shape index (κ2) is 7.17. The van der Waals surface area contributed by atoms with Gasteiger partial charge in [-0.1, -0.05) is 30.3 Å². The molecule has 0 atom stereocenters. The number of halogens is 1. The number of para-hydroxylation sites is 2. The van der Waals surface area contributed by atoms with Crippen molar-refractivity contribution < 1.29 is 9.18 Å². The van der Waals surface area contributed by atoms with Crippen LogP contribution in [-0.2, 0) is 0 Å². The van der Waals surface area contributed by atoms with E-state index in [2.05, 4.69) is 25.6 Å². The van der Waals surface area contributed by atoms with E-state index in [1.54, 1.807) is 30.5 Å². The maximum absolute atomic E-state index is 13.8. The second-order valence-corrected chi connectivity index (χ2v) is 5.73. The summed E-state index contributed by atoms with van der Waals surface area (Å²) in [5.41, 5.74) is 1.69. The van der Waals surface area contributed by atoms with Crippen LogP contribution in [0.15, 0.2) is 73.2 Å². The van der Waals surface area contributed by atoms with Crippen molar-refractivity contribution in [1.82, 2.24) is 15.0 Å². The molecule has 0 bridgehead atoms. The SMILES string of the molecule is O=C(Nc1cccc2cccnc12)c1cc(Nc2ccccc2F)ncn1. The van der Waals surface area contributed by atoms with Crippen LogP contribution >= 0.6 is 0 Å². The van der Waals surface area contributed by atoms with Crippen LogP contribution in [0.3, 0.4) is 0 Å². The maximum atomic E-state index is 13.8. The topological polar surface area (TPSA) is 79.8 Å². The van der Waals surface area contributed by atoms with E-state index in [1.807, 2.05) is 24.3 Å². The lowest BCUT2D eigenvalue weighted by molar-refractivity contribution is 0.102. The fraction of sp³-hybridized carbons (Fsp3) is 0. The smallest absolute Gasteiger partial charge is 0.274 e. The first-order chi connectivity index (χ1) is 13.2. The van der Waals surface area contributed by atoms with Crippen LogP contribution in [0.1, 0.15) is 10.5 Å². The molecule has 1 amide bonds. The van der Waals surface area contributed by atoms with Crippen LogP contribution in [0.2, 0.25) is 0 Å². The fourth-order valence-corrected chi connectivity index (χ4v) is 2.64. The van der Waals surface area contributed by atoms with Gasteiger partial charge in [0.1, 0.15) is 23.7 Å². The summed E-state index contributed by atoms with van der Waals surface area (Å²) in [5, 5.41) is 6.57. The summed E-state index contributed by atoms with van der Waals surface area (Å²) in [6.07, 6.45) is 2.92. The van der Waals surface area contributed by atoms with Crippen molar-refractivity contribution in [1.29, 1.82) is 0 Å². The van der Waals surface area contributed by atoms with Crippen LogP contribution in [0.4, 0.5) is 21.6 Å². The second-order valence-electron chi connectivity index (χ2n) is 5.73. The molecule has 2 N–H and O–H groups in total. The number of hydrogen-bond acceptors (Lipinski definition) is 5. The molecule has 0 spiro atoms. The summed E-state index contributed by atoms with van der Waals surface area (Å²) >= 11 is 0. The number of rotatable bonds is 4. The largest absolute Gasteiger partial charge is 0.338 e. The standard InChI is InChI=1S/C20H14FN5O/c21-14-7-1-2-8-15(14)25-18-11-17(23-12-24-18)20(27)26-16-9-3-5-13-6-4-10-22-19(13)16/h1-12H,(H,26,27)(H,23,24,25). The molecule has 132 valence electrons. The highest BCUT2D eigenvalue weighted by molar-refractivity contribution is 6.07. The number of nitrogens with zero attached hydrogens (tertiary/aromatic N) is 3. The molecule has 0 fully saturated rings. The molecule has 4 aromatic rings. The number of hydrogen-bond donors (Lipinski definition) is 2. The van der Waals surface area contributed by atoms with E-state index in [4.69, 9.17) is 0 Å². The molecule has 2 aromatic heterocycles. The number of amides is 1. The molecule has 6 nitrogen and oxygen atoms in total. The highest BCUT2D eigenvalue weighted by Crippen LogP contribution is 2.22. The zero-order valence-corrected chi connectivity index (χ0v) is 14.1. The Balaban J connectivity index is 1.58. The van der Waals surface area contributed by atoms with Gasteiger partial charge in [-0.25, -0.2) is 14.4 Å². The van der Waals surface area contributed by atoms with Gasteiger partial charge in [0.05, 0.1) is 16.9 Å². The van der Waals surface area contributed by atoms with E-state index in [9.17, 15) is 9.18 Å². The molecule has 27 heavy (non-hydrogen) atoms. The van der Waals surface area contributed by atoms with Crippen molar-refractivity contribution >= 4 is 34.0 Å². The Morgan fingerprint density at radius 1 is 0.889 bits per heavy atom. The van der Waals surface area contributed by atoms with Gasteiger partial charge >= 0.3 is 0 Å². The summed E-state index contributed by atoms with van der Waals surface area (Å²) in [6.45, 7) is 0. The summed E-state index contributed by atoms with van der Waals surface area (Å²) in [7, 11) is 0. The normalized spacial score (nSPS) is 10.6. The van der Waals surface area contributed by atoms with E-state index in [-0.39, 0.29) is 11.4 Å². The highest BCUT2D eigenvalue weighted by Gasteiger charge is 2.12. The minimum absolute atomic E-state index is 0.150. The molecule has 0 aliphatic carbocycles. The predicted octanol–water partition coefficient (Wildman–Crippen LogP) is 4.16. The predicted molar refractivity (Wildman–Crippen MR) is 101 cm³/mol. The molecule has 4 rings (SSSR count). The van der Waals surface area contributed by atoms with Crippen LogP contribution in [-0.4, -0.2) is 20.9 Å². The van der Waals surface area contributed by atoms with E-state index in [0.717, 1.165) is 5.39 Å². The lowest BCUT2D eigenvalue weighted by atomic mass is 10.2. The summed E-state index contributed by atoms with van der Waals surface area (Å²) in [5.74, 6) is -0.507. The summed E-state index contributed by atoms with van der Waals surface area (Å²) < 4.78 is 13.8. The van der Waals surface area contributed by atoms with Gasteiger partial charge in [-0.3, -0.25) is 9.78 Å². The minimum atomic E-state index is -0.413. The molecule has 0 saturated heterocycles. The van der Waals surface area contributed by atoms with Gasteiger partial charge in [-0.2, -0.15) is 0 Å². The number of benzene rings is 2. The maximum Gasteiger partial charge on any atom is 0.274 e. The number of pyridine rings is 1. The molecular formula is C20H14FN5O. The zero-order chi connectivity index (χ0) is 18.6. The lowest BCUT2D eigenvalue weighted by Crippen LogP contribution is -2.14. The highest BCUT2D eigenvalue weighted by atomic mass is 19.1. The lowest BCUT2D eigenvalue weighted by Gasteiger charge is -2.09. The van der Waals surface area contributed by atoms with Gasteiger partial charge in [-0.15, -0.1) is 0 Å². The van der Waals surface area contributed by atoms with Gasteiger partial charge < -0.3 is 10.6 Å². The number of fused-ring (bicyclic) bond motifs is 1. The number of carbonyl (C=O) groups excluding carboxylic acids is 1. The van der Waals surface area contributed by atoms with Gasteiger partial charge in [0.25, 0.3) is 5.91 Å². The van der Waals surface area contributed by atoms with Crippen molar-refractivity contribution in [3.8, 4) is 0 Å². The fourth-order valence-electron chi connectivity index (χ4n) is 2.64. The quantitative estimate of drug-likeness (QED) is 0.572.